The van der Waals surface area contributed by atoms with E-state index in [2.05, 4.69) is 15.9 Å². The van der Waals surface area contributed by atoms with Gasteiger partial charge >= 0.3 is 5.97 Å². The normalized spacial score (nSPS) is 15.0. The van der Waals surface area contributed by atoms with Crippen LogP contribution in [-0.4, -0.2) is 38.0 Å². The van der Waals surface area contributed by atoms with Crippen molar-refractivity contribution >= 4 is 39.3 Å². The van der Waals surface area contributed by atoms with Crippen LogP contribution in [0.5, 0.6) is 17.2 Å². The van der Waals surface area contributed by atoms with Gasteiger partial charge in [-0.2, -0.15) is 0 Å². The predicted octanol–water partition coefficient (Wildman–Crippen LogP) is 4.76. The summed E-state index contributed by atoms with van der Waals surface area (Å²) in [5, 5.41) is 0. The summed E-state index contributed by atoms with van der Waals surface area (Å²) >= 11 is 4.82. The van der Waals surface area contributed by atoms with Crippen LogP contribution in [0.2, 0.25) is 0 Å². The first-order chi connectivity index (χ1) is 18.9. The lowest BCUT2D eigenvalue weighted by Crippen LogP contribution is -2.40. The number of fused-ring (bicyclic) bond motifs is 1. The van der Waals surface area contributed by atoms with Crippen molar-refractivity contribution in [3.63, 3.8) is 0 Å². The number of methoxy groups -OCH3 is 2. The Kier molecular flexibility index (Phi) is 9.29. The summed E-state index contributed by atoms with van der Waals surface area (Å²) in [6, 6.07) is 10.3. The lowest BCUT2D eigenvalue weighted by molar-refractivity contribution is -0.139. The van der Waals surface area contributed by atoms with E-state index in [0.717, 1.165) is 12.0 Å². The van der Waals surface area contributed by atoms with Crippen molar-refractivity contribution in [1.29, 1.82) is 0 Å². The number of para-hydroxylation sites is 1. The zero-order valence-corrected chi connectivity index (χ0v) is 25.0. The number of rotatable bonds is 10. The van der Waals surface area contributed by atoms with Crippen molar-refractivity contribution in [1.82, 2.24) is 4.57 Å². The van der Waals surface area contributed by atoms with Gasteiger partial charge in [0.2, 0.25) is 0 Å². The number of nitrogens with zero attached hydrogens (tertiary/aromatic N) is 2. The lowest BCUT2D eigenvalue weighted by Gasteiger charge is -2.26. The van der Waals surface area contributed by atoms with E-state index in [0.29, 0.717) is 60.9 Å². The Bertz CT molecular complexity index is 1590. The maximum atomic E-state index is 14.0. The highest BCUT2D eigenvalue weighted by Crippen LogP contribution is 2.38. The van der Waals surface area contributed by atoms with Crippen molar-refractivity contribution in [2.45, 2.75) is 39.7 Å². The summed E-state index contributed by atoms with van der Waals surface area (Å²) in [7, 11) is 3.15. The number of allylic oxidation sites excluding steroid dienone is 1. The van der Waals surface area contributed by atoms with E-state index >= 15 is 0 Å². The summed E-state index contributed by atoms with van der Waals surface area (Å²) in [6.45, 7) is 6.35. The number of thiazole rings is 1. The van der Waals surface area contributed by atoms with Gasteiger partial charge in [-0.25, -0.2) is 9.79 Å². The van der Waals surface area contributed by atoms with E-state index in [9.17, 15) is 9.59 Å². The van der Waals surface area contributed by atoms with E-state index in [-0.39, 0.29) is 12.2 Å². The molecule has 1 aliphatic heterocycles. The molecular weight excluding hydrogens is 584 g/mol. The minimum Gasteiger partial charge on any atom is -0.496 e. The van der Waals surface area contributed by atoms with Gasteiger partial charge < -0.3 is 18.9 Å². The fourth-order valence-corrected chi connectivity index (χ4v) is 6.23. The third-order valence-electron chi connectivity index (χ3n) is 6.16. The van der Waals surface area contributed by atoms with Crippen LogP contribution >= 0.6 is 27.3 Å². The lowest BCUT2D eigenvalue weighted by atomic mass is 9.93. The minimum absolute atomic E-state index is 0.208. The summed E-state index contributed by atoms with van der Waals surface area (Å²) in [5.74, 6) is 1.22. The molecule has 206 valence electrons. The highest BCUT2D eigenvalue weighted by molar-refractivity contribution is 9.10. The molecule has 1 atom stereocenters. The molecule has 0 saturated carbocycles. The van der Waals surface area contributed by atoms with E-state index in [1.54, 1.807) is 31.8 Å². The Labute approximate surface area is 239 Å². The zero-order chi connectivity index (χ0) is 28.1. The average Bonchev–Trinajstić information content (AvgIpc) is 3.22. The van der Waals surface area contributed by atoms with Crippen molar-refractivity contribution in [3.8, 4) is 17.2 Å². The highest BCUT2D eigenvalue weighted by atomic mass is 79.9. The Morgan fingerprint density at radius 1 is 1.10 bits per heavy atom. The van der Waals surface area contributed by atoms with Crippen LogP contribution in [0.25, 0.3) is 6.08 Å². The standard InChI is InChI=1S/C29H31BrN2O6S/c1-6-11-20-24(28(34)38-8-3)25(18-12-9-10-13-21(18)35-4)32-27(33)23(39-29(32)31-20)16-17-14-19(30)26(36-5)22(15-17)37-7-2/h9-10,12-16,25H,6-8,11H2,1-5H3/b23-16-/t25-/m0/s1. The molecule has 4 rings (SSSR count). The molecule has 3 aromatic rings. The number of ether oxygens (including phenoxy) is 4. The molecule has 2 aromatic carbocycles. The van der Waals surface area contributed by atoms with Gasteiger partial charge in [-0.1, -0.05) is 42.9 Å². The molecule has 0 aliphatic carbocycles. The molecule has 0 amide bonds. The van der Waals surface area contributed by atoms with E-state index in [1.165, 1.54) is 11.3 Å². The molecule has 0 spiro atoms. The van der Waals surface area contributed by atoms with Crippen molar-refractivity contribution in [3.05, 3.63) is 83.0 Å². The van der Waals surface area contributed by atoms with Gasteiger partial charge in [0.25, 0.3) is 5.56 Å². The van der Waals surface area contributed by atoms with Crippen molar-refractivity contribution < 1.29 is 23.7 Å². The number of aromatic nitrogens is 1. The van der Waals surface area contributed by atoms with Crippen LogP contribution in [0.15, 0.2) is 61.9 Å². The third-order valence-corrected chi connectivity index (χ3v) is 7.73. The van der Waals surface area contributed by atoms with Crippen LogP contribution < -0.4 is 29.1 Å². The molecule has 0 unspecified atom stereocenters. The molecule has 0 bridgehead atoms. The van der Waals surface area contributed by atoms with E-state index in [1.807, 2.05) is 50.2 Å². The topological polar surface area (TPSA) is 88.4 Å². The molecular formula is C29H31BrN2O6S. The second-order valence-electron chi connectivity index (χ2n) is 8.62. The molecule has 1 aromatic heterocycles. The monoisotopic (exact) mass is 614 g/mol. The van der Waals surface area contributed by atoms with Gasteiger partial charge in [-0.15, -0.1) is 0 Å². The van der Waals surface area contributed by atoms with Crippen molar-refractivity contribution in [2.75, 3.05) is 27.4 Å². The quantitative estimate of drug-likeness (QED) is 0.306. The SMILES string of the molecule is CCCC1=C(C(=O)OCC)[C@H](c2ccccc2OC)n2c(s/c(=C\c3cc(Br)c(OC)c(OCC)c3)c2=O)=N1. The molecule has 2 heterocycles. The maximum Gasteiger partial charge on any atom is 0.338 e. The first-order valence-electron chi connectivity index (χ1n) is 12.7. The molecule has 0 radical (unpaired) electrons. The number of esters is 1. The largest absolute Gasteiger partial charge is 0.496 e. The molecule has 39 heavy (non-hydrogen) atoms. The Balaban J connectivity index is 2.00. The summed E-state index contributed by atoms with van der Waals surface area (Å²) in [5.41, 5.74) is 2.14. The van der Waals surface area contributed by atoms with Gasteiger partial charge in [0.05, 0.1) is 47.7 Å². The maximum absolute atomic E-state index is 14.0. The molecule has 1 aliphatic rings. The van der Waals surface area contributed by atoms with Gasteiger partial charge in [0, 0.05) is 5.56 Å². The average molecular weight is 616 g/mol. The van der Waals surface area contributed by atoms with E-state index in [4.69, 9.17) is 23.9 Å². The van der Waals surface area contributed by atoms with Crippen LogP contribution in [0, 0.1) is 0 Å². The minimum atomic E-state index is -0.748. The summed E-state index contributed by atoms with van der Waals surface area (Å²) < 4.78 is 25.1. The number of carbonyl (C=O) groups excluding carboxylic acids is 1. The second-order valence-corrected chi connectivity index (χ2v) is 10.5. The number of carbonyl (C=O) groups is 1. The molecule has 10 heteroatoms. The Hall–Kier alpha value is -3.37. The smallest absolute Gasteiger partial charge is 0.338 e. The molecule has 0 N–H and O–H groups in total. The zero-order valence-electron chi connectivity index (χ0n) is 22.6. The number of hydrogen-bond donors (Lipinski definition) is 0. The number of halogens is 1. The Morgan fingerprint density at radius 3 is 2.54 bits per heavy atom. The molecule has 8 nitrogen and oxygen atoms in total. The van der Waals surface area contributed by atoms with Crippen LogP contribution in [-0.2, 0) is 9.53 Å². The van der Waals surface area contributed by atoms with Crippen molar-refractivity contribution in [2.24, 2.45) is 4.99 Å². The van der Waals surface area contributed by atoms with E-state index < -0.39 is 12.0 Å². The first-order valence-corrected chi connectivity index (χ1v) is 14.3. The number of benzene rings is 2. The molecule has 0 fully saturated rings. The summed E-state index contributed by atoms with van der Waals surface area (Å²) in [6.07, 6.45) is 3.13. The van der Waals surface area contributed by atoms with Gasteiger partial charge in [0.1, 0.15) is 11.8 Å². The van der Waals surface area contributed by atoms with Crippen LogP contribution in [0.1, 0.15) is 50.8 Å². The fraction of sp³-hybridized carbons (Fsp3) is 0.345. The fourth-order valence-electron chi connectivity index (χ4n) is 4.59. The Morgan fingerprint density at radius 2 is 1.87 bits per heavy atom. The third kappa shape index (κ3) is 5.67. The van der Waals surface area contributed by atoms with Gasteiger partial charge in [-0.05, 0) is 66.0 Å². The van der Waals surface area contributed by atoms with Gasteiger partial charge in [-0.3, -0.25) is 9.36 Å². The predicted molar refractivity (Wildman–Crippen MR) is 154 cm³/mol. The first kappa shape index (κ1) is 28.6. The van der Waals surface area contributed by atoms with Crippen LogP contribution in [0.3, 0.4) is 0 Å². The number of hydrogen-bond acceptors (Lipinski definition) is 8. The summed E-state index contributed by atoms with van der Waals surface area (Å²) in [4.78, 5) is 32.7. The van der Waals surface area contributed by atoms with Crippen LogP contribution in [0.4, 0.5) is 0 Å². The van der Waals surface area contributed by atoms with Gasteiger partial charge in [0.15, 0.2) is 16.3 Å². The highest BCUT2D eigenvalue weighted by Gasteiger charge is 2.35. The second kappa shape index (κ2) is 12.7. The molecule has 0 saturated heterocycles.